The first-order valence-electron chi connectivity index (χ1n) is 5.02. The molecule has 0 aromatic rings. The first-order chi connectivity index (χ1) is 6.41. The summed E-state index contributed by atoms with van der Waals surface area (Å²) in [5.74, 6) is 0.989. The normalized spacial score (nSPS) is 13.4. The quantitative estimate of drug-likeness (QED) is 0.484. The maximum Gasteiger partial charge on any atom is 0.0952 e. The standard InChI is InChI=1S/C13H22O/c1-7-12(14-6)10-8-9-11(2)13(3,4)5/h8-10H,2,7H2,1,3-6H3/b9-8-,12-10-. The van der Waals surface area contributed by atoms with Crippen molar-refractivity contribution in [2.24, 2.45) is 5.41 Å². The average molecular weight is 194 g/mol. The Morgan fingerprint density at radius 1 is 1.36 bits per heavy atom. The number of hydrogen-bond donors (Lipinski definition) is 0. The minimum absolute atomic E-state index is 0.143. The molecule has 0 rings (SSSR count). The molecule has 0 aliphatic rings. The van der Waals surface area contributed by atoms with Crippen LogP contribution in [0.3, 0.4) is 0 Å². The lowest BCUT2D eigenvalue weighted by Crippen LogP contribution is -2.05. The highest BCUT2D eigenvalue weighted by atomic mass is 16.5. The molecule has 0 N–H and O–H groups in total. The molecule has 14 heavy (non-hydrogen) atoms. The second-order valence-electron chi connectivity index (χ2n) is 4.33. The van der Waals surface area contributed by atoms with Gasteiger partial charge in [0.1, 0.15) is 0 Å². The van der Waals surface area contributed by atoms with E-state index in [0.29, 0.717) is 0 Å². The van der Waals surface area contributed by atoms with Crippen LogP contribution in [0.2, 0.25) is 0 Å². The summed E-state index contributed by atoms with van der Waals surface area (Å²) in [7, 11) is 1.70. The van der Waals surface area contributed by atoms with Crippen LogP contribution in [0, 0.1) is 5.41 Å². The molecule has 0 saturated heterocycles. The van der Waals surface area contributed by atoms with Gasteiger partial charge in [0, 0.05) is 6.42 Å². The maximum absolute atomic E-state index is 5.15. The molecule has 0 aromatic carbocycles. The predicted molar refractivity (Wildman–Crippen MR) is 63.1 cm³/mol. The van der Waals surface area contributed by atoms with Gasteiger partial charge in [0.15, 0.2) is 0 Å². The Morgan fingerprint density at radius 3 is 2.29 bits per heavy atom. The van der Waals surface area contributed by atoms with E-state index in [1.165, 1.54) is 0 Å². The first-order valence-corrected chi connectivity index (χ1v) is 5.02. The number of methoxy groups -OCH3 is 1. The highest BCUT2D eigenvalue weighted by molar-refractivity contribution is 5.24. The third-order valence-corrected chi connectivity index (χ3v) is 2.15. The third-order valence-electron chi connectivity index (χ3n) is 2.15. The summed E-state index contributed by atoms with van der Waals surface area (Å²) in [5.41, 5.74) is 1.27. The minimum Gasteiger partial charge on any atom is -0.501 e. The van der Waals surface area contributed by atoms with Crippen molar-refractivity contribution in [3.05, 3.63) is 36.1 Å². The molecule has 0 aromatic heterocycles. The monoisotopic (exact) mass is 194 g/mol. The van der Waals surface area contributed by atoms with Crippen LogP contribution in [0.5, 0.6) is 0 Å². The van der Waals surface area contributed by atoms with E-state index in [1.54, 1.807) is 7.11 Å². The summed E-state index contributed by atoms with van der Waals surface area (Å²) in [5, 5.41) is 0. The fourth-order valence-electron chi connectivity index (χ4n) is 0.852. The van der Waals surface area contributed by atoms with Crippen molar-refractivity contribution in [1.29, 1.82) is 0 Å². The van der Waals surface area contributed by atoms with Crippen molar-refractivity contribution in [2.45, 2.75) is 34.1 Å². The van der Waals surface area contributed by atoms with Crippen molar-refractivity contribution in [1.82, 2.24) is 0 Å². The van der Waals surface area contributed by atoms with Crippen LogP contribution < -0.4 is 0 Å². The van der Waals surface area contributed by atoms with Gasteiger partial charge in [0.25, 0.3) is 0 Å². The van der Waals surface area contributed by atoms with Gasteiger partial charge in [-0.05, 0) is 17.1 Å². The van der Waals surface area contributed by atoms with Gasteiger partial charge < -0.3 is 4.74 Å². The molecule has 0 saturated carbocycles. The Morgan fingerprint density at radius 2 is 1.93 bits per heavy atom. The van der Waals surface area contributed by atoms with Crippen molar-refractivity contribution < 1.29 is 4.74 Å². The van der Waals surface area contributed by atoms with E-state index >= 15 is 0 Å². The van der Waals surface area contributed by atoms with Crippen molar-refractivity contribution in [3.63, 3.8) is 0 Å². The lowest BCUT2D eigenvalue weighted by molar-refractivity contribution is 0.281. The molecule has 0 radical (unpaired) electrons. The van der Waals surface area contributed by atoms with Gasteiger partial charge in [-0.3, -0.25) is 0 Å². The fraction of sp³-hybridized carbons (Fsp3) is 0.538. The van der Waals surface area contributed by atoms with Crippen LogP contribution in [0.4, 0.5) is 0 Å². The highest BCUT2D eigenvalue weighted by Gasteiger charge is 2.11. The van der Waals surface area contributed by atoms with Crippen LogP contribution in [0.25, 0.3) is 0 Å². The van der Waals surface area contributed by atoms with Crippen LogP contribution >= 0.6 is 0 Å². The van der Waals surface area contributed by atoms with Gasteiger partial charge in [-0.25, -0.2) is 0 Å². The molecule has 0 fully saturated rings. The molecule has 0 unspecified atom stereocenters. The molecule has 1 nitrogen and oxygen atoms in total. The lowest BCUT2D eigenvalue weighted by atomic mass is 9.87. The number of ether oxygens (including phenoxy) is 1. The zero-order valence-electron chi connectivity index (χ0n) is 10.1. The minimum atomic E-state index is 0.143. The van der Waals surface area contributed by atoms with Gasteiger partial charge in [-0.1, -0.05) is 46.4 Å². The predicted octanol–water partition coefficient (Wildman–Crippen LogP) is 4.09. The number of allylic oxidation sites excluding steroid dienone is 5. The van der Waals surface area contributed by atoms with Crippen LogP contribution in [0.1, 0.15) is 34.1 Å². The molecule has 0 atom stereocenters. The summed E-state index contributed by atoms with van der Waals surface area (Å²) >= 11 is 0. The van der Waals surface area contributed by atoms with E-state index in [2.05, 4.69) is 34.3 Å². The second-order valence-corrected chi connectivity index (χ2v) is 4.33. The zero-order valence-corrected chi connectivity index (χ0v) is 10.1. The summed E-state index contributed by atoms with van der Waals surface area (Å²) in [6, 6.07) is 0. The van der Waals surface area contributed by atoms with Gasteiger partial charge >= 0.3 is 0 Å². The van der Waals surface area contributed by atoms with Gasteiger partial charge in [0.2, 0.25) is 0 Å². The van der Waals surface area contributed by atoms with E-state index in [0.717, 1.165) is 17.8 Å². The molecule has 0 aliphatic heterocycles. The lowest BCUT2D eigenvalue weighted by Gasteiger charge is -2.18. The fourth-order valence-corrected chi connectivity index (χ4v) is 0.852. The summed E-state index contributed by atoms with van der Waals surface area (Å²) in [6.07, 6.45) is 6.93. The van der Waals surface area contributed by atoms with E-state index < -0.39 is 0 Å². The van der Waals surface area contributed by atoms with Gasteiger partial charge in [-0.2, -0.15) is 0 Å². The van der Waals surface area contributed by atoms with Gasteiger partial charge in [-0.15, -0.1) is 0 Å². The SMILES string of the molecule is C=C(/C=C\C=C(\CC)OC)C(C)(C)C. The Balaban J connectivity index is 4.32. The summed E-state index contributed by atoms with van der Waals surface area (Å²) < 4.78 is 5.15. The average Bonchev–Trinajstić information content (AvgIpc) is 2.10. The second kappa shape index (κ2) is 5.69. The van der Waals surface area contributed by atoms with E-state index in [9.17, 15) is 0 Å². The molecule has 0 spiro atoms. The van der Waals surface area contributed by atoms with E-state index in [-0.39, 0.29) is 5.41 Å². The molecular weight excluding hydrogens is 172 g/mol. The van der Waals surface area contributed by atoms with Crippen molar-refractivity contribution in [2.75, 3.05) is 7.11 Å². The van der Waals surface area contributed by atoms with Crippen molar-refractivity contribution in [3.8, 4) is 0 Å². The largest absolute Gasteiger partial charge is 0.501 e. The number of rotatable bonds is 4. The van der Waals surface area contributed by atoms with Crippen LogP contribution in [0.15, 0.2) is 36.1 Å². The molecule has 0 aliphatic carbocycles. The maximum atomic E-state index is 5.15. The van der Waals surface area contributed by atoms with E-state index in [4.69, 9.17) is 4.74 Å². The Kier molecular flexibility index (Phi) is 5.29. The zero-order chi connectivity index (χ0) is 11.2. The molecule has 0 amide bonds. The van der Waals surface area contributed by atoms with Gasteiger partial charge in [0.05, 0.1) is 12.9 Å². The molecule has 1 heteroatoms. The Labute approximate surface area is 88.2 Å². The number of hydrogen-bond acceptors (Lipinski definition) is 1. The first kappa shape index (κ1) is 13.0. The molecule has 0 bridgehead atoms. The summed E-state index contributed by atoms with van der Waals surface area (Å²) in [4.78, 5) is 0. The third kappa shape index (κ3) is 4.90. The highest BCUT2D eigenvalue weighted by Crippen LogP contribution is 2.24. The Hall–Kier alpha value is -0.980. The van der Waals surface area contributed by atoms with E-state index in [1.807, 2.05) is 18.2 Å². The van der Waals surface area contributed by atoms with Crippen LogP contribution in [-0.4, -0.2) is 7.11 Å². The summed E-state index contributed by atoms with van der Waals surface area (Å²) in [6.45, 7) is 12.5. The molecule has 0 heterocycles. The Bertz CT molecular complexity index is 232. The topological polar surface area (TPSA) is 9.23 Å². The smallest absolute Gasteiger partial charge is 0.0952 e. The molecule has 80 valence electrons. The molecular formula is C13H22O. The van der Waals surface area contributed by atoms with Crippen molar-refractivity contribution >= 4 is 0 Å². The van der Waals surface area contributed by atoms with Crippen LogP contribution in [-0.2, 0) is 4.74 Å².